The summed E-state index contributed by atoms with van der Waals surface area (Å²) in [5.74, 6) is -1.91. The molecule has 0 aliphatic heterocycles. The highest BCUT2D eigenvalue weighted by Gasteiger charge is 2.13. The molecule has 0 unspecified atom stereocenters. The third kappa shape index (κ3) is 6.48. The van der Waals surface area contributed by atoms with Gasteiger partial charge in [0.15, 0.2) is 0 Å². The van der Waals surface area contributed by atoms with E-state index in [2.05, 4.69) is 4.74 Å². The molecule has 0 bridgehead atoms. The van der Waals surface area contributed by atoms with Gasteiger partial charge in [-0.15, -0.1) is 0 Å². The second kappa shape index (κ2) is 6.80. The van der Waals surface area contributed by atoms with Crippen molar-refractivity contribution in [3.8, 4) is 0 Å². The summed E-state index contributed by atoms with van der Waals surface area (Å²) in [6, 6.07) is 0. The van der Waals surface area contributed by atoms with Gasteiger partial charge in [-0.05, 0) is 6.92 Å². The summed E-state index contributed by atoms with van der Waals surface area (Å²) < 4.78 is 4.63. The third-order valence-electron chi connectivity index (χ3n) is 1.65. The minimum Gasteiger partial charge on any atom is -0.480 e. The predicted molar refractivity (Wildman–Crippen MR) is 51.1 cm³/mol. The first-order valence-electron chi connectivity index (χ1n) is 4.58. The van der Waals surface area contributed by atoms with Crippen LogP contribution < -0.4 is 0 Å². The normalized spacial score (nSPS) is 9.47. The lowest BCUT2D eigenvalue weighted by Crippen LogP contribution is -2.32. The van der Waals surface area contributed by atoms with Crippen LogP contribution in [0.15, 0.2) is 0 Å². The van der Waals surface area contributed by atoms with Crippen molar-refractivity contribution in [3.63, 3.8) is 0 Å². The Morgan fingerprint density at radius 1 is 1.27 bits per heavy atom. The van der Waals surface area contributed by atoms with Crippen LogP contribution in [0.1, 0.15) is 19.8 Å². The summed E-state index contributed by atoms with van der Waals surface area (Å²) >= 11 is 0. The lowest BCUT2D eigenvalue weighted by molar-refractivity contribution is -0.146. The summed E-state index contributed by atoms with van der Waals surface area (Å²) in [6.07, 6.45) is -0.0424. The molecule has 6 heteroatoms. The molecule has 0 fully saturated rings. The number of likely N-dealkylation sites (N-methyl/N-ethyl adjacent to an activating group) is 1. The van der Waals surface area contributed by atoms with Crippen LogP contribution in [0.5, 0.6) is 0 Å². The van der Waals surface area contributed by atoms with E-state index in [0.717, 1.165) is 4.90 Å². The maximum absolute atomic E-state index is 11.2. The van der Waals surface area contributed by atoms with E-state index in [-0.39, 0.29) is 31.9 Å². The highest BCUT2D eigenvalue weighted by atomic mass is 16.5. The van der Waals surface area contributed by atoms with Crippen molar-refractivity contribution in [1.82, 2.24) is 4.90 Å². The van der Waals surface area contributed by atoms with Crippen molar-refractivity contribution in [2.24, 2.45) is 0 Å². The number of nitrogens with zero attached hydrogens (tertiary/aromatic N) is 1. The molecular weight excluding hydrogens is 202 g/mol. The average molecular weight is 217 g/mol. The highest BCUT2D eigenvalue weighted by molar-refractivity contribution is 5.84. The van der Waals surface area contributed by atoms with E-state index in [4.69, 9.17) is 5.11 Å². The van der Waals surface area contributed by atoms with E-state index < -0.39 is 11.9 Å². The zero-order chi connectivity index (χ0) is 11.8. The Hall–Kier alpha value is -1.59. The van der Waals surface area contributed by atoms with Gasteiger partial charge in [-0.25, -0.2) is 0 Å². The molecule has 0 rings (SSSR count). The van der Waals surface area contributed by atoms with Crippen LogP contribution in [-0.2, 0) is 19.1 Å². The molecule has 0 heterocycles. The molecule has 1 amide bonds. The van der Waals surface area contributed by atoms with Crippen molar-refractivity contribution in [2.45, 2.75) is 19.8 Å². The fraction of sp³-hybridized carbons (Fsp3) is 0.667. The minimum absolute atomic E-state index is 0.0172. The number of aliphatic carboxylic acids is 1. The quantitative estimate of drug-likeness (QED) is 0.627. The molecular formula is C9H15NO5. The van der Waals surface area contributed by atoms with E-state index in [1.807, 2.05) is 0 Å². The first-order valence-corrected chi connectivity index (χ1v) is 4.58. The van der Waals surface area contributed by atoms with Gasteiger partial charge in [-0.2, -0.15) is 0 Å². The molecule has 15 heavy (non-hydrogen) atoms. The molecule has 0 aromatic rings. The molecule has 0 atom stereocenters. The zero-order valence-corrected chi connectivity index (χ0v) is 8.86. The summed E-state index contributed by atoms with van der Waals surface area (Å²) in [4.78, 5) is 33.5. The number of hydrogen-bond acceptors (Lipinski definition) is 4. The van der Waals surface area contributed by atoms with Gasteiger partial charge in [0.2, 0.25) is 5.91 Å². The average Bonchev–Trinajstić information content (AvgIpc) is 2.13. The van der Waals surface area contributed by atoms with Crippen molar-refractivity contribution in [2.75, 3.05) is 20.2 Å². The van der Waals surface area contributed by atoms with Gasteiger partial charge in [-0.1, -0.05) is 0 Å². The largest absolute Gasteiger partial charge is 0.480 e. The number of hydrogen-bond donors (Lipinski definition) is 1. The smallest absolute Gasteiger partial charge is 0.323 e. The number of esters is 1. The lowest BCUT2D eigenvalue weighted by Gasteiger charge is -2.13. The number of ether oxygens (including phenoxy) is 1. The molecule has 0 saturated carbocycles. The Bertz CT molecular complexity index is 251. The molecule has 0 aliphatic rings. The standard InChI is InChI=1S/C9H15NO5/c1-3-15-9(14)5-4-7(11)10(2)6-8(12)13/h3-6H2,1-2H3,(H,12,13). The zero-order valence-electron chi connectivity index (χ0n) is 8.86. The van der Waals surface area contributed by atoms with Crippen LogP contribution in [0.25, 0.3) is 0 Å². The van der Waals surface area contributed by atoms with Crippen molar-refractivity contribution < 1.29 is 24.2 Å². The van der Waals surface area contributed by atoms with Crippen LogP contribution >= 0.6 is 0 Å². The number of amides is 1. The molecule has 86 valence electrons. The van der Waals surface area contributed by atoms with E-state index in [9.17, 15) is 14.4 Å². The monoisotopic (exact) mass is 217 g/mol. The fourth-order valence-electron chi connectivity index (χ4n) is 0.924. The van der Waals surface area contributed by atoms with Crippen molar-refractivity contribution in [1.29, 1.82) is 0 Å². The van der Waals surface area contributed by atoms with Gasteiger partial charge >= 0.3 is 11.9 Å². The molecule has 0 aliphatic carbocycles. The number of carbonyl (C=O) groups is 3. The predicted octanol–water partition coefficient (Wildman–Crippen LogP) is -0.127. The maximum atomic E-state index is 11.2. The molecule has 0 saturated heterocycles. The maximum Gasteiger partial charge on any atom is 0.323 e. The Morgan fingerprint density at radius 3 is 2.33 bits per heavy atom. The molecule has 6 nitrogen and oxygen atoms in total. The van der Waals surface area contributed by atoms with Crippen LogP contribution in [0, 0.1) is 0 Å². The fourth-order valence-corrected chi connectivity index (χ4v) is 0.924. The lowest BCUT2D eigenvalue weighted by atomic mass is 10.3. The molecule has 1 N–H and O–H groups in total. The van der Waals surface area contributed by atoms with E-state index in [1.165, 1.54) is 7.05 Å². The Kier molecular flexibility index (Phi) is 6.08. The molecule has 0 aromatic carbocycles. The second-order valence-electron chi connectivity index (χ2n) is 2.95. The van der Waals surface area contributed by atoms with E-state index in [0.29, 0.717) is 0 Å². The molecule has 0 spiro atoms. The van der Waals surface area contributed by atoms with Gasteiger partial charge in [0, 0.05) is 13.5 Å². The Morgan fingerprint density at radius 2 is 1.87 bits per heavy atom. The van der Waals surface area contributed by atoms with Crippen LogP contribution in [0.4, 0.5) is 0 Å². The first-order chi connectivity index (χ1) is 6.97. The number of carboxylic acids is 1. The van der Waals surface area contributed by atoms with E-state index >= 15 is 0 Å². The van der Waals surface area contributed by atoms with Gasteiger partial charge in [0.1, 0.15) is 6.54 Å². The summed E-state index contributed by atoms with van der Waals surface area (Å²) in [6.45, 7) is 1.59. The second-order valence-corrected chi connectivity index (χ2v) is 2.95. The van der Waals surface area contributed by atoms with E-state index in [1.54, 1.807) is 6.92 Å². The summed E-state index contributed by atoms with van der Waals surface area (Å²) in [5, 5.41) is 8.41. The van der Waals surface area contributed by atoms with Gasteiger partial charge in [0.25, 0.3) is 0 Å². The van der Waals surface area contributed by atoms with Gasteiger partial charge in [-0.3, -0.25) is 14.4 Å². The number of carboxylic acid groups (broad SMARTS) is 1. The summed E-state index contributed by atoms with van der Waals surface area (Å²) in [7, 11) is 1.38. The van der Waals surface area contributed by atoms with Crippen molar-refractivity contribution >= 4 is 17.8 Å². The van der Waals surface area contributed by atoms with Gasteiger partial charge < -0.3 is 14.7 Å². The first kappa shape index (κ1) is 13.4. The number of rotatable bonds is 6. The summed E-state index contributed by atoms with van der Waals surface area (Å²) in [5.41, 5.74) is 0. The Labute approximate surface area is 87.8 Å². The van der Waals surface area contributed by atoms with Crippen molar-refractivity contribution in [3.05, 3.63) is 0 Å². The molecule has 0 aromatic heterocycles. The topological polar surface area (TPSA) is 83.9 Å². The third-order valence-corrected chi connectivity index (χ3v) is 1.65. The van der Waals surface area contributed by atoms with Crippen LogP contribution in [0.2, 0.25) is 0 Å². The van der Waals surface area contributed by atoms with Crippen LogP contribution in [0.3, 0.4) is 0 Å². The highest BCUT2D eigenvalue weighted by Crippen LogP contribution is 1.97. The SMILES string of the molecule is CCOC(=O)CCC(=O)N(C)CC(=O)O. The van der Waals surface area contributed by atoms with Crippen LogP contribution in [-0.4, -0.2) is 48.1 Å². The minimum atomic E-state index is -1.08. The van der Waals surface area contributed by atoms with Gasteiger partial charge in [0.05, 0.1) is 13.0 Å². The number of carbonyl (C=O) groups excluding carboxylic acids is 2. The Balaban J connectivity index is 3.82. The molecule has 0 radical (unpaired) electrons.